The van der Waals surface area contributed by atoms with E-state index in [-0.39, 0.29) is 23.6 Å². The molecule has 2 unspecified atom stereocenters. The third-order valence-electron chi connectivity index (χ3n) is 6.73. The first-order valence-corrected chi connectivity index (χ1v) is 11.6. The number of piperazine rings is 1. The molecular weight excluding hydrogens is 416 g/mol. The number of nitrogens with one attached hydrogen (secondary N) is 2. The van der Waals surface area contributed by atoms with E-state index in [4.69, 9.17) is 0 Å². The van der Waals surface area contributed by atoms with E-state index in [2.05, 4.69) is 22.5 Å². The van der Waals surface area contributed by atoms with Gasteiger partial charge in [0.25, 0.3) is 5.91 Å². The topological polar surface area (TPSA) is 81.8 Å². The lowest BCUT2D eigenvalue weighted by atomic mass is 10.1. The van der Waals surface area contributed by atoms with E-state index in [0.717, 1.165) is 23.2 Å². The third-order valence-corrected chi connectivity index (χ3v) is 6.73. The van der Waals surface area contributed by atoms with Crippen molar-refractivity contribution in [3.63, 3.8) is 0 Å². The second-order valence-corrected chi connectivity index (χ2v) is 9.25. The van der Waals surface area contributed by atoms with Crippen LogP contribution in [0.25, 0.3) is 0 Å². The number of hydrogen-bond acceptors (Lipinski definition) is 4. The van der Waals surface area contributed by atoms with Gasteiger partial charge in [-0.2, -0.15) is 0 Å². The average Bonchev–Trinajstić information content (AvgIpc) is 3.54. The molecule has 3 amide bonds. The van der Waals surface area contributed by atoms with E-state index in [1.54, 1.807) is 18.2 Å². The van der Waals surface area contributed by atoms with Crippen LogP contribution in [0.2, 0.25) is 0 Å². The Bertz CT molecular complexity index is 1060. The molecule has 7 heteroatoms. The van der Waals surface area contributed by atoms with Crippen LogP contribution in [0.3, 0.4) is 0 Å². The maximum Gasteiger partial charge on any atom is 0.254 e. The van der Waals surface area contributed by atoms with Crippen molar-refractivity contribution < 1.29 is 14.4 Å². The summed E-state index contributed by atoms with van der Waals surface area (Å²) in [6.07, 6.45) is 0.928. The van der Waals surface area contributed by atoms with Gasteiger partial charge in [0.1, 0.15) is 0 Å². The van der Waals surface area contributed by atoms with Crippen molar-refractivity contribution in [1.82, 2.24) is 9.80 Å². The zero-order chi connectivity index (χ0) is 23.5. The Balaban J connectivity index is 1.27. The Labute approximate surface area is 195 Å². The summed E-state index contributed by atoms with van der Waals surface area (Å²) in [7, 11) is 0. The SMILES string of the molecule is Cc1cccc(NC(=O)CN2CCN(C(=O)c3cccc(NC(=O)C4CC4C)c3)CC2)c1C. The molecule has 0 aromatic heterocycles. The Morgan fingerprint density at radius 2 is 1.67 bits per heavy atom. The minimum atomic E-state index is -0.0506. The lowest BCUT2D eigenvalue weighted by molar-refractivity contribution is -0.118. The number of rotatable bonds is 6. The minimum Gasteiger partial charge on any atom is -0.336 e. The Hall–Kier alpha value is -3.19. The van der Waals surface area contributed by atoms with Gasteiger partial charge >= 0.3 is 0 Å². The van der Waals surface area contributed by atoms with Gasteiger partial charge < -0.3 is 15.5 Å². The van der Waals surface area contributed by atoms with Crippen LogP contribution in [-0.2, 0) is 9.59 Å². The monoisotopic (exact) mass is 448 g/mol. The lowest BCUT2D eigenvalue weighted by Gasteiger charge is -2.34. The molecular formula is C26H32N4O3. The zero-order valence-corrected chi connectivity index (χ0v) is 19.6. The van der Waals surface area contributed by atoms with Gasteiger partial charge in [-0.15, -0.1) is 0 Å². The maximum atomic E-state index is 13.0. The molecule has 33 heavy (non-hydrogen) atoms. The van der Waals surface area contributed by atoms with Crippen LogP contribution in [0.4, 0.5) is 11.4 Å². The van der Waals surface area contributed by atoms with E-state index >= 15 is 0 Å². The number of aryl methyl sites for hydroxylation is 1. The Kier molecular flexibility index (Phi) is 6.79. The van der Waals surface area contributed by atoms with E-state index in [1.807, 2.05) is 43.0 Å². The zero-order valence-electron chi connectivity index (χ0n) is 19.6. The molecule has 0 spiro atoms. The lowest BCUT2D eigenvalue weighted by Crippen LogP contribution is -2.50. The van der Waals surface area contributed by atoms with Gasteiger partial charge in [-0.1, -0.05) is 25.1 Å². The van der Waals surface area contributed by atoms with Crippen LogP contribution in [0.15, 0.2) is 42.5 Å². The molecule has 7 nitrogen and oxygen atoms in total. The first kappa shape index (κ1) is 23.0. The molecule has 2 atom stereocenters. The van der Waals surface area contributed by atoms with Gasteiger partial charge in [-0.05, 0) is 61.6 Å². The fraction of sp³-hybridized carbons (Fsp3) is 0.423. The highest BCUT2D eigenvalue weighted by atomic mass is 16.2. The highest BCUT2D eigenvalue weighted by Gasteiger charge is 2.39. The second-order valence-electron chi connectivity index (χ2n) is 9.25. The van der Waals surface area contributed by atoms with E-state index < -0.39 is 0 Å². The predicted octanol–water partition coefficient (Wildman–Crippen LogP) is 3.29. The number of carbonyl (C=O) groups excluding carboxylic acids is 3. The standard InChI is InChI=1S/C26H32N4O3/c1-17-6-4-9-23(19(17)3)28-24(31)16-29-10-12-30(13-11-29)26(33)20-7-5-8-21(15-20)27-25(32)22-14-18(22)2/h4-9,15,18,22H,10-14,16H2,1-3H3,(H,27,32)(H,28,31). The summed E-state index contributed by atoms with van der Waals surface area (Å²) in [5.74, 6) is 0.459. The van der Waals surface area contributed by atoms with Crippen LogP contribution in [0.5, 0.6) is 0 Å². The summed E-state index contributed by atoms with van der Waals surface area (Å²) < 4.78 is 0. The third kappa shape index (κ3) is 5.60. The van der Waals surface area contributed by atoms with Crippen molar-refractivity contribution in [2.24, 2.45) is 11.8 Å². The van der Waals surface area contributed by atoms with Crippen LogP contribution >= 0.6 is 0 Å². The highest BCUT2D eigenvalue weighted by molar-refractivity contribution is 5.98. The average molecular weight is 449 g/mol. The van der Waals surface area contributed by atoms with E-state index in [0.29, 0.717) is 49.9 Å². The molecule has 2 fully saturated rings. The predicted molar refractivity (Wildman–Crippen MR) is 129 cm³/mol. The van der Waals surface area contributed by atoms with Crippen molar-refractivity contribution in [2.75, 3.05) is 43.4 Å². The van der Waals surface area contributed by atoms with Crippen molar-refractivity contribution in [3.05, 3.63) is 59.2 Å². The molecule has 2 N–H and O–H groups in total. The van der Waals surface area contributed by atoms with Gasteiger partial charge in [-0.25, -0.2) is 0 Å². The number of anilines is 2. The Morgan fingerprint density at radius 3 is 2.36 bits per heavy atom. The van der Waals surface area contributed by atoms with Crippen molar-refractivity contribution >= 4 is 29.1 Å². The van der Waals surface area contributed by atoms with Crippen molar-refractivity contribution in [3.8, 4) is 0 Å². The second kappa shape index (κ2) is 9.75. The maximum absolute atomic E-state index is 13.0. The molecule has 1 aliphatic heterocycles. The molecule has 0 radical (unpaired) electrons. The normalized spacial score (nSPS) is 20.3. The van der Waals surface area contributed by atoms with E-state index in [9.17, 15) is 14.4 Å². The summed E-state index contributed by atoms with van der Waals surface area (Å²) in [6, 6.07) is 13.0. The van der Waals surface area contributed by atoms with Crippen LogP contribution < -0.4 is 10.6 Å². The molecule has 1 saturated carbocycles. The first-order valence-electron chi connectivity index (χ1n) is 11.6. The number of hydrogen-bond donors (Lipinski definition) is 2. The summed E-state index contributed by atoms with van der Waals surface area (Å²) in [5.41, 5.74) is 4.29. The van der Waals surface area contributed by atoms with E-state index in [1.165, 1.54) is 0 Å². The molecule has 2 aromatic rings. The van der Waals surface area contributed by atoms with Crippen LogP contribution in [0, 0.1) is 25.7 Å². The first-order chi connectivity index (χ1) is 15.8. The van der Waals surface area contributed by atoms with Crippen molar-refractivity contribution in [2.45, 2.75) is 27.2 Å². The minimum absolute atomic E-state index is 0.0276. The van der Waals surface area contributed by atoms with Gasteiger partial charge in [0, 0.05) is 49.0 Å². The van der Waals surface area contributed by atoms with Gasteiger partial charge in [0.2, 0.25) is 11.8 Å². The summed E-state index contributed by atoms with van der Waals surface area (Å²) in [6.45, 7) is 8.80. The molecule has 174 valence electrons. The van der Waals surface area contributed by atoms with Gasteiger partial charge in [0.15, 0.2) is 0 Å². The molecule has 2 aromatic carbocycles. The summed E-state index contributed by atoms with van der Waals surface area (Å²) in [4.78, 5) is 41.6. The van der Waals surface area contributed by atoms with Crippen LogP contribution in [0.1, 0.15) is 34.8 Å². The molecule has 1 heterocycles. The van der Waals surface area contributed by atoms with Gasteiger partial charge in [0.05, 0.1) is 6.54 Å². The van der Waals surface area contributed by atoms with Crippen LogP contribution in [-0.4, -0.2) is 60.2 Å². The summed E-state index contributed by atoms with van der Waals surface area (Å²) >= 11 is 0. The number of amides is 3. The molecule has 4 rings (SSSR count). The smallest absolute Gasteiger partial charge is 0.254 e. The number of carbonyl (C=O) groups is 3. The number of nitrogens with zero attached hydrogens (tertiary/aromatic N) is 2. The molecule has 1 saturated heterocycles. The molecule has 1 aliphatic carbocycles. The molecule has 2 aliphatic rings. The largest absolute Gasteiger partial charge is 0.336 e. The fourth-order valence-electron chi connectivity index (χ4n) is 4.22. The molecule has 0 bridgehead atoms. The highest BCUT2D eigenvalue weighted by Crippen LogP contribution is 2.38. The quantitative estimate of drug-likeness (QED) is 0.711. The van der Waals surface area contributed by atoms with Crippen molar-refractivity contribution in [1.29, 1.82) is 0 Å². The number of benzene rings is 2. The van der Waals surface area contributed by atoms with Gasteiger partial charge in [-0.3, -0.25) is 19.3 Å². The fourth-order valence-corrected chi connectivity index (χ4v) is 4.22. The summed E-state index contributed by atoms with van der Waals surface area (Å²) in [5, 5.41) is 5.93. The Morgan fingerprint density at radius 1 is 0.970 bits per heavy atom.